The number of aromatic nitrogens is 2. The maximum Gasteiger partial charge on any atom is 0.341 e. The number of carbonyl (C=O) groups is 1. The Balaban J connectivity index is 0.000000598. The highest BCUT2D eigenvalue weighted by Gasteiger charge is 2.27. The minimum atomic E-state index is -1.39. The average Bonchev–Trinajstić information content (AvgIpc) is 3.06. The van der Waals surface area contributed by atoms with Gasteiger partial charge >= 0.3 is 5.97 Å². The van der Waals surface area contributed by atoms with E-state index in [4.69, 9.17) is 11.6 Å². The van der Waals surface area contributed by atoms with Crippen LogP contribution < -0.4 is 20.5 Å². The Labute approximate surface area is 268 Å². The SMILES string of the molecule is C1CCCCC1.CC(C)NCc1ccc(-n2cc(C(=O)O)c(=O)c3cc(F)c(N4CCN(c5ccccn5)CC4)c(Cl)c32)cc1. The summed E-state index contributed by atoms with van der Waals surface area (Å²) < 4.78 is 17.1. The number of aromatic carboxylic acids is 1. The van der Waals surface area contributed by atoms with E-state index in [0.29, 0.717) is 44.5 Å². The molecule has 238 valence electrons. The highest BCUT2D eigenvalue weighted by molar-refractivity contribution is 6.38. The van der Waals surface area contributed by atoms with Crippen LogP contribution in [0, 0.1) is 5.82 Å². The number of benzene rings is 2. The van der Waals surface area contributed by atoms with Crippen molar-refractivity contribution in [3.8, 4) is 5.69 Å². The Morgan fingerprint density at radius 3 is 2.16 bits per heavy atom. The molecule has 2 aromatic heterocycles. The summed E-state index contributed by atoms with van der Waals surface area (Å²) in [7, 11) is 0. The van der Waals surface area contributed by atoms with E-state index in [1.165, 1.54) is 44.7 Å². The van der Waals surface area contributed by atoms with Crippen LogP contribution >= 0.6 is 11.6 Å². The van der Waals surface area contributed by atoms with Gasteiger partial charge in [0.1, 0.15) is 17.2 Å². The fourth-order valence-electron chi connectivity index (χ4n) is 5.91. The second-order valence-electron chi connectivity index (χ2n) is 11.9. The second kappa shape index (κ2) is 14.9. The normalized spacial score (nSPS) is 15.2. The van der Waals surface area contributed by atoms with Crippen LogP contribution in [0.25, 0.3) is 16.6 Å². The minimum absolute atomic E-state index is 0.0656. The van der Waals surface area contributed by atoms with Crippen LogP contribution in [-0.2, 0) is 6.54 Å². The van der Waals surface area contributed by atoms with Crippen LogP contribution in [0.5, 0.6) is 0 Å². The van der Waals surface area contributed by atoms with Crippen LogP contribution in [0.4, 0.5) is 15.9 Å². The van der Waals surface area contributed by atoms with Crippen molar-refractivity contribution < 1.29 is 14.3 Å². The largest absolute Gasteiger partial charge is 0.477 e. The number of hydrogen-bond acceptors (Lipinski definition) is 6. The van der Waals surface area contributed by atoms with E-state index in [1.807, 2.05) is 47.4 Å². The van der Waals surface area contributed by atoms with Crippen molar-refractivity contribution >= 4 is 40.0 Å². The number of carboxylic acids is 1. The molecule has 10 heteroatoms. The minimum Gasteiger partial charge on any atom is -0.477 e. The van der Waals surface area contributed by atoms with Gasteiger partial charge in [-0.1, -0.05) is 82.2 Å². The first-order valence-electron chi connectivity index (χ1n) is 15.8. The Bertz CT molecular complexity index is 1650. The monoisotopic (exact) mass is 633 g/mol. The van der Waals surface area contributed by atoms with Gasteiger partial charge < -0.3 is 24.8 Å². The number of hydrogen-bond donors (Lipinski definition) is 2. The number of halogens is 2. The van der Waals surface area contributed by atoms with Gasteiger partial charge in [0, 0.05) is 56.8 Å². The van der Waals surface area contributed by atoms with Crippen LogP contribution in [0.2, 0.25) is 5.02 Å². The predicted molar refractivity (Wildman–Crippen MR) is 180 cm³/mol. The van der Waals surface area contributed by atoms with Gasteiger partial charge in [-0.3, -0.25) is 4.79 Å². The van der Waals surface area contributed by atoms with Crippen LogP contribution in [-0.4, -0.2) is 52.8 Å². The lowest BCUT2D eigenvalue weighted by Gasteiger charge is -2.37. The smallest absolute Gasteiger partial charge is 0.341 e. The van der Waals surface area contributed by atoms with Crippen LogP contribution in [0.1, 0.15) is 68.3 Å². The Kier molecular flexibility index (Phi) is 10.7. The molecule has 45 heavy (non-hydrogen) atoms. The molecular weight excluding hydrogens is 593 g/mol. The van der Waals surface area contributed by atoms with Gasteiger partial charge in [0.15, 0.2) is 0 Å². The summed E-state index contributed by atoms with van der Waals surface area (Å²) >= 11 is 6.88. The summed E-state index contributed by atoms with van der Waals surface area (Å²) in [5, 5.41) is 13.0. The molecule has 0 spiro atoms. The Morgan fingerprint density at radius 2 is 1.60 bits per heavy atom. The lowest BCUT2D eigenvalue weighted by Crippen LogP contribution is -2.47. The van der Waals surface area contributed by atoms with E-state index >= 15 is 4.39 Å². The molecule has 6 rings (SSSR count). The van der Waals surface area contributed by atoms with Gasteiger partial charge in [-0.05, 0) is 35.9 Å². The van der Waals surface area contributed by atoms with Gasteiger partial charge in [0.25, 0.3) is 0 Å². The Hall–Kier alpha value is -3.95. The van der Waals surface area contributed by atoms with E-state index in [-0.39, 0.29) is 21.6 Å². The molecule has 0 amide bonds. The number of pyridine rings is 2. The first kappa shape index (κ1) is 32.4. The molecule has 2 N–H and O–H groups in total. The van der Waals surface area contributed by atoms with Gasteiger partial charge in [-0.25, -0.2) is 14.2 Å². The number of fused-ring (bicyclic) bond motifs is 1. The number of carboxylic acid groups (broad SMARTS) is 1. The molecule has 0 unspecified atom stereocenters. The zero-order chi connectivity index (χ0) is 31.9. The standard InChI is InChI=1S/C29H29ClFN5O3.C6H12/c1-18(2)33-16-19-6-8-20(9-7-19)36-17-22(29(38)39)28(37)21-15-23(31)27(25(30)26(21)36)35-13-11-34(12-14-35)24-5-3-4-10-32-24;1-2-4-6-5-3-1/h3-10,15,17-18,33H,11-14,16H2,1-2H3,(H,38,39);1-6H2. The van der Waals surface area contributed by atoms with Gasteiger partial charge in [-0.2, -0.15) is 0 Å². The summed E-state index contributed by atoms with van der Waals surface area (Å²) in [6, 6.07) is 14.6. The number of rotatable bonds is 7. The molecule has 4 aromatic rings. The molecule has 1 saturated heterocycles. The first-order valence-corrected chi connectivity index (χ1v) is 16.2. The van der Waals surface area contributed by atoms with Gasteiger partial charge in [0.2, 0.25) is 5.43 Å². The zero-order valence-electron chi connectivity index (χ0n) is 25.9. The summed E-state index contributed by atoms with van der Waals surface area (Å²) in [5.41, 5.74) is 0.872. The third kappa shape index (κ3) is 7.65. The van der Waals surface area contributed by atoms with Crippen molar-refractivity contribution in [2.45, 2.75) is 65.0 Å². The van der Waals surface area contributed by atoms with Crippen molar-refractivity contribution in [2.75, 3.05) is 36.0 Å². The fraction of sp³-hybridized carbons (Fsp3) is 0.400. The highest BCUT2D eigenvalue weighted by atomic mass is 35.5. The third-order valence-electron chi connectivity index (χ3n) is 8.39. The molecule has 2 fully saturated rings. The number of anilines is 2. The van der Waals surface area contributed by atoms with E-state index in [0.717, 1.165) is 17.4 Å². The molecule has 2 aromatic carbocycles. The Morgan fingerprint density at radius 1 is 0.978 bits per heavy atom. The number of nitrogens with zero attached hydrogens (tertiary/aromatic N) is 4. The highest BCUT2D eigenvalue weighted by Crippen LogP contribution is 2.37. The molecule has 0 radical (unpaired) electrons. The molecule has 1 aliphatic heterocycles. The molecule has 8 nitrogen and oxygen atoms in total. The maximum absolute atomic E-state index is 15.6. The topological polar surface area (TPSA) is 90.7 Å². The zero-order valence-corrected chi connectivity index (χ0v) is 26.7. The lowest BCUT2D eigenvalue weighted by molar-refractivity contribution is 0.0695. The van der Waals surface area contributed by atoms with E-state index < -0.39 is 22.8 Å². The van der Waals surface area contributed by atoms with Crippen molar-refractivity contribution in [3.63, 3.8) is 0 Å². The van der Waals surface area contributed by atoms with E-state index in [1.54, 1.807) is 10.8 Å². The number of nitrogens with one attached hydrogen (secondary N) is 1. The molecule has 2 aliphatic rings. The van der Waals surface area contributed by atoms with E-state index in [9.17, 15) is 14.7 Å². The molecule has 3 heterocycles. The quantitative estimate of drug-likeness (QED) is 0.226. The lowest BCUT2D eigenvalue weighted by atomic mass is 10.0. The maximum atomic E-state index is 15.6. The number of piperazine rings is 1. The molecule has 0 atom stereocenters. The summed E-state index contributed by atoms with van der Waals surface area (Å²) in [4.78, 5) is 33.4. The molecule has 1 aliphatic carbocycles. The van der Waals surface area contributed by atoms with E-state index in [2.05, 4.69) is 29.0 Å². The van der Waals surface area contributed by atoms with Crippen LogP contribution in [0.3, 0.4) is 0 Å². The molecule has 0 bridgehead atoms. The first-order chi connectivity index (χ1) is 21.7. The molecular formula is C35H41ClFN5O3. The predicted octanol–water partition coefficient (Wildman–Crippen LogP) is 7.04. The van der Waals surface area contributed by atoms with Crippen molar-refractivity contribution in [1.29, 1.82) is 0 Å². The summed E-state index contributed by atoms with van der Waals surface area (Å²) in [5.74, 6) is -1.20. The molecule has 1 saturated carbocycles. The fourth-order valence-corrected chi connectivity index (χ4v) is 6.31. The van der Waals surface area contributed by atoms with Crippen molar-refractivity contribution in [2.24, 2.45) is 0 Å². The van der Waals surface area contributed by atoms with Gasteiger partial charge in [-0.15, -0.1) is 0 Å². The third-order valence-corrected chi connectivity index (χ3v) is 8.74. The summed E-state index contributed by atoms with van der Waals surface area (Å²) in [6.45, 7) is 7.00. The second-order valence-corrected chi connectivity index (χ2v) is 12.3. The van der Waals surface area contributed by atoms with Crippen molar-refractivity contribution in [1.82, 2.24) is 14.9 Å². The summed E-state index contributed by atoms with van der Waals surface area (Å²) in [6.07, 6.45) is 12.0. The van der Waals surface area contributed by atoms with Crippen molar-refractivity contribution in [3.05, 3.63) is 93.1 Å². The van der Waals surface area contributed by atoms with Crippen LogP contribution in [0.15, 0.2) is 65.7 Å². The average molecular weight is 634 g/mol. The van der Waals surface area contributed by atoms with Gasteiger partial charge in [0.05, 0.1) is 21.6 Å².